The molecule has 4 N–H and O–H groups in total. The second-order valence-corrected chi connectivity index (χ2v) is 6.31. The standard InChI is InChI=1S/C20H28N2O2/c1-16(13-22-15-18-9-3-5-11-20(18)24)7-6-12-21-14-17-8-2-4-10-19(17)23/h2-5,8-11,16,21-24H,6-7,12-15H2,1H3/t16-/m1/s1. The fourth-order valence-electron chi connectivity index (χ4n) is 2.67. The van der Waals surface area contributed by atoms with Crippen LogP contribution in [0.4, 0.5) is 0 Å². The topological polar surface area (TPSA) is 64.5 Å². The molecule has 0 aliphatic rings. The molecule has 2 rings (SSSR count). The Morgan fingerprint density at radius 1 is 0.833 bits per heavy atom. The fraction of sp³-hybridized carbons (Fsp3) is 0.400. The Morgan fingerprint density at radius 3 is 1.96 bits per heavy atom. The Kier molecular flexibility index (Phi) is 7.59. The number of phenolic OH excluding ortho intramolecular Hbond substituents is 2. The fourth-order valence-corrected chi connectivity index (χ4v) is 2.67. The highest BCUT2D eigenvalue weighted by Gasteiger charge is 2.04. The SMILES string of the molecule is C[C@H](CCCNCc1ccccc1O)CNCc1ccccc1O. The van der Waals surface area contributed by atoms with E-state index in [0.717, 1.165) is 37.1 Å². The molecule has 2 aromatic rings. The van der Waals surface area contributed by atoms with Crippen LogP contribution in [0.5, 0.6) is 11.5 Å². The summed E-state index contributed by atoms with van der Waals surface area (Å²) >= 11 is 0. The number of hydrogen-bond donors (Lipinski definition) is 4. The number of phenols is 2. The van der Waals surface area contributed by atoms with E-state index in [1.165, 1.54) is 0 Å². The average molecular weight is 328 g/mol. The number of hydrogen-bond acceptors (Lipinski definition) is 4. The first-order valence-electron chi connectivity index (χ1n) is 8.62. The van der Waals surface area contributed by atoms with E-state index in [-0.39, 0.29) is 0 Å². The first-order chi connectivity index (χ1) is 11.7. The largest absolute Gasteiger partial charge is 0.508 e. The van der Waals surface area contributed by atoms with Gasteiger partial charge in [-0.15, -0.1) is 0 Å². The van der Waals surface area contributed by atoms with Crippen molar-refractivity contribution in [2.45, 2.75) is 32.9 Å². The summed E-state index contributed by atoms with van der Waals surface area (Å²) < 4.78 is 0. The van der Waals surface area contributed by atoms with Gasteiger partial charge in [0.25, 0.3) is 0 Å². The molecule has 0 aromatic heterocycles. The van der Waals surface area contributed by atoms with Crippen LogP contribution in [0.15, 0.2) is 48.5 Å². The number of nitrogens with one attached hydrogen (secondary N) is 2. The van der Waals surface area contributed by atoms with Crippen molar-refractivity contribution in [1.29, 1.82) is 0 Å². The maximum atomic E-state index is 9.72. The minimum atomic E-state index is 0.353. The van der Waals surface area contributed by atoms with Crippen molar-refractivity contribution < 1.29 is 10.2 Å². The van der Waals surface area contributed by atoms with Crippen LogP contribution < -0.4 is 10.6 Å². The van der Waals surface area contributed by atoms with Gasteiger partial charge in [-0.2, -0.15) is 0 Å². The van der Waals surface area contributed by atoms with Crippen molar-refractivity contribution in [3.05, 3.63) is 59.7 Å². The van der Waals surface area contributed by atoms with E-state index in [1.54, 1.807) is 12.1 Å². The van der Waals surface area contributed by atoms with Gasteiger partial charge in [-0.1, -0.05) is 43.3 Å². The van der Waals surface area contributed by atoms with Gasteiger partial charge in [-0.25, -0.2) is 0 Å². The second kappa shape index (κ2) is 9.96. The second-order valence-electron chi connectivity index (χ2n) is 6.31. The molecule has 0 bridgehead atoms. The summed E-state index contributed by atoms with van der Waals surface area (Å²) in [7, 11) is 0. The molecule has 2 aromatic carbocycles. The van der Waals surface area contributed by atoms with Crippen LogP contribution in [0.25, 0.3) is 0 Å². The van der Waals surface area contributed by atoms with Crippen LogP contribution in [0.2, 0.25) is 0 Å². The zero-order valence-electron chi connectivity index (χ0n) is 14.3. The molecule has 0 saturated heterocycles. The molecule has 0 saturated carbocycles. The predicted molar refractivity (Wildman–Crippen MR) is 98.0 cm³/mol. The molecule has 0 fully saturated rings. The summed E-state index contributed by atoms with van der Waals surface area (Å²) in [6.07, 6.45) is 2.24. The quantitative estimate of drug-likeness (QED) is 0.505. The van der Waals surface area contributed by atoms with Crippen molar-refractivity contribution in [1.82, 2.24) is 10.6 Å². The Balaban J connectivity index is 1.54. The van der Waals surface area contributed by atoms with E-state index >= 15 is 0 Å². The molecule has 0 amide bonds. The van der Waals surface area contributed by atoms with Crippen molar-refractivity contribution in [2.75, 3.05) is 13.1 Å². The van der Waals surface area contributed by atoms with Crippen molar-refractivity contribution in [2.24, 2.45) is 5.92 Å². The van der Waals surface area contributed by atoms with Crippen LogP contribution >= 0.6 is 0 Å². The lowest BCUT2D eigenvalue weighted by molar-refractivity contribution is 0.440. The molecule has 0 aliphatic heterocycles. The molecule has 24 heavy (non-hydrogen) atoms. The van der Waals surface area contributed by atoms with Crippen molar-refractivity contribution in [3.8, 4) is 11.5 Å². The minimum absolute atomic E-state index is 0.353. The van der Waals surface area contributed by atoms with Crippen LogP contribution in [0, 0.1) is 5.92 Å². The Morgan fingerprint density at radius 2 is 1.38 bits per heavy atom. The summed E-state index contributed by atoms with van der Waals surface area (Å²) in [6.45, 7) is 5.52. The Labute approximate surface area is 144 Å². The maximum Gasteiger partial charge on any atom is 0.120 e. The highest BCUT2D eigenvalue weighted by molar-refractivity contribution is 5.32. The molecule has 130 valence electrons. The van der Waals surface area contributed by atoms with E-state index in [9.17, 15) is 10.2 Å². The molecule has 1 atom stereocenters. The molecule has 4 nitrogen and oxygen atoms in total. The molecule has 0 aliphatic carbocycles. The van der Waals surface area contributed by atoms with Gasteiger partial charge >= 0.3 is 0 Å². The lowest BCUT2D eigenvalue weighted by Gasteiger charge is -2.13. The zero-order chi connectivity index (χ0) is 17.2. The van der Waals surface area contributed by atoms with E-state index in [4.69, 9.17) is 0 Å². The molecule has 4 heteroatoms. The predicted octanol–water partition coefficient (Wildman–Crippen LogP) is 3.39. The van der Waals surface area contributed by atoms with Crippen LogP contribution in [-0.4, -0.2) is 23.3 Å². The third-order valence-electron chi connectivity index (χ3n) is 4.16. The van der Waals surface area contributed by atoms with E-state index in [0.29, 0.717) is 30.5 Å². The normalized spacial score (nSPS) is 12.2. The first-order valence-corrected chi connectivity index (χ1v) is 8.62. The summed E-state index contributed by atoms with van der Waals surface area (Å²) in [6, 6.07) is 14.9. The van der Waals surface area contributed by atoms with Gasteiger partial charge in [0.05, 0.1) is 0 Å². The number of aromatic hydroxyl groups is 2. The number of rotatable bonds is 10. The molecule has 0 unspecified atom stereocenters. The van der Waals surface area contributed by atoms with Gasteiger partial charge in [-0.3, -0.25) is 0 Å². The smallest absolute Gasteiger partial charge is 0.120 e. The third kappa shape index (κ3) is 6.22. The van der Waals surface area contributed by atoms with Gasteiger partial charge in [0.15, 0.2) is 0 Å². The van der Waals surface area contributed by atoms with E-state index in [2.05, 4.69) is 17.6 Å². The maximum absolute atomic E-state index is 9.72. The van der Waals surface area contributed by atoms with Crippen molar-refractivity contribution >= 4 is 0 Å². The lowest BCUT2D eigenvalue weighted by Crippen LogP contribution is -2.22. The molecule has 0 spiro atoms. The van der Waals surface area contributed by atoms with Gasteiger partial charge in [0.1, 0.15) is 11.5 Å². The van der Waals surface area contributed by atoms with Crippen LogP contribution in [0.1, 0.15) is 30.9 Å². The van der Waals surface area contributed by atoms with Gasteiger partial charge < -0.3 is 20.8 Å². The van der Waals surface area contributed by atoms with Gasteiger partial charge in [0, 0.05) is 24.2 Å². The average Bonchev–Trinajstić information content (AvgIpc) is 2.58. The summed E-state index contributed by atoms with van der Waals surface area (Å²) in [5.74, 6) is 1.29. The summed E-state index contributed by atoms with van der Waals surface area (Å²) in [4.78, 5) is 0. The van der Waals surface area contributed by atoms with E-state index < -0.39 is 0 Å². The highest BCUT2D eigenvalue weighted by Crippen LogP contribution is 2.16. The lowest BCUT2D eigenvalue weighted by atomic mass is 10.1. The first kappa shape index (κ1) is 18.3. The van der Waals surface area contributed by atoms with E-state index in [1.807, 2.05) is 36.4 Å². The minimum Gasteiger partial charge on any atom is -0.508 e. The monoisotopic (exact) mass is 328 g/mol. The number of benzene rings is 2. The van der Waals surface area contributed by atoms with Crippen LogP contribution in [0.3, 0.4) is 0 Å². The van der Waals surface area contributed by atoms with Crippen LogP contribution in [-0.2, 0) is 13.1 Å². The Bertz CT molecular complexity index is 616. The molecular weight excluding hydrogens is 300 g/mol. The zero-order valence-corrected chi connectivity index (χ0v) is 14.3. The third-order valence-corrected chi connectivity index (χ3v) is 4.16. The summed E-state index contributed by atoms with van der Waals surface area (Å²) in [5.41, 5.74) is 1.88. The molecule has 0 heterocycles. The number of para-hydroxylation sites is 2. The van der Waals surface area contributed by atoms with Gasteiger partial charge in [-0.05, 0) is 44.0 Å². The molecular formula is C20H28N2O2. The van der Waals surface area contributed by atoms with Gasteiger partial charge in [0.2, 0.25) is 0 Å². The summed E-state index contributed by atoms with van der Waals surface area (Å²) in [5, 5.41) is 26.2. The van der Waals surface area contributed by atoms with Crippen molar-refractivity contribution in [3.63, 3.8) is 0 Å². The Hall–Kier alpha value is -2.04. The highest BCUT2D eigenvalue weighted by atomic mass is 16.3. The molecule has 0 radical (unpaired) electrons.